The van der Waals surface area contributed by atoms with Crippen LogP contribution in [0.4, 0.5) is 14.6 Å². The van der Waals surface area contributed by atoms with Gasteiger partial charge in [0.05, 0.1) is 8.30 Å². The molecule has 1 saturated heterocycles. The summed E-state index contributed by atoms with van der Waals surface area (Å²) in [6, 6.07) is 11.8. The number of nitrogens with zero attached hydrogens (tertiary/aromatic N) is 6. The van der Waals surface area contributed by atoms with Crippen LogP contribution in [-0.4, -0.2) is 57.4 Å². The summed E-state index contributed by atoms with van der Waals surface area (Å²) in [7, 11) is 0. The molecule has 0 radical (unpaired) electrons. The highest BCUT2D eigenvalue weighted by Gasteiger charge is 2.21. The van der Waals surface area contributed by atoms with Crippen molar-refractivity contribution < 1.29 is 11.5 Å². The zero-order valence-corrected chi connectivity index (χ0v) is 16.0. The molecule has 0 amide bonds. The maximum Gasteiger partial charge on any atom is 0.165 e. The van der Waals surface area contributed by atoms with Crippen LogP contribution in [0.15, 0.2) is 61.1 Å². The summed E-state index contributed by atoms with van der Waals surface area (Å²) in [4.78, 5) is 12.1. The molecule has 0 bridgehead atoms. The van der Waals surface area contributed by atoms with E-state index in [1.54, 1.807) is 29.0 Å². The molecule has 4 aromatic rings. The van der Waals surface area contributed by atoms with Gasteiger partial charge in [-0.1, -0.05) is 0 Å². The first-order valence-electron chi connectivity index (χ1n) is 10.6. The highest BCUT2D eigenvalue weighted by atomic mass is 19.1. The molecule has 8 heteroatoms. The number of hydrogen-bond donors (Lipinski definition) is 0. The summed E-state index contributed by atoms with van der Waals surface area (Å²) in [5.74, 6) is 0.387. The second-order valence-corrected chi connectivity index (χ2v) is 7.08. The van der Waals surface area contributed by atoms with Gasteiger partial charge in [-0.15, -0.1) is 0 Å². The molecule has 1 aliphatic heterocycles. The predicted octanol–water partition coefficient (Wildman–Crippen LogP) is 3.65. The molecule has 1 aromatic carbocycles. The van der Waals surface area contributed by atoms with Crippen LogP contribution in [0, 0.1) is 5.82 Å². The Morgan fingerprint density at radius 1 is 0.933 bits per heavy atom. The lowest BCUT2D eigenvalue weighted by Gasteiger charge is -2.33. The predicted molar refractivity (Wildman–Crippen MR) is 111 cm³/mol. The Bertz CT molecular complexity index is 1230. The SMILES string of the molecule is [2H]C([2H])([18F])N1CCN(c2ccn3nc(-c4ccc(F)cc4)c(-c4ccncc4)c3n2)CC1. The second kappa shape index (κ2) is 7.79. The molecule has 0 unspecified atom stereocenters. The Hall–Kier alpha value is -3.39. The number of piperazine rings is 1. The van der Waals surface area contributed by atoms with Gasteiger partial charge in [-0.2, -0.15) is 5.10 Å². The number of benzene rings is 1. The van der Waals surface area contributed by atoms with E-state index in [4.69, 9.17) is 12.8 Å². The first-order valence-corrected chi connectivity index (χ1v) is 9.65. The number of pyridine rings is 1. The van der Waals surface area contributed by atoms with Crippen LogP contribution in [0.5, 0.6) is 0 Å². The summed E-state index contributed by atoms with van der Waals surface area (Å²) < 4.78 is 43.4. The van der Waals surface area contributed by atoms with E-state index in [2.05, 4.69) is 4.98 Å². The summed E-state index contributed by atoms with van der Waals surface area (Å²) in [5.41, 5.74) is 3.77. The summed E-state index contributed by atoms with van der Waals surface area (Å²) >= 11 is 0. The number of aromatic nitrogens is 4. The molecule has 1 aliphatic rings. The summed E-state index contributed by atoms with van der Waals surface area (Å²) in [6.45, 7) is -1.40. The van der Waals surface area contributed by atoms with Crippen molar-refractivity contribution in [3.05, 3.63) is 66.9 Å². The lowest BCUT2D eigenvalue weighted by Crippen LogP contribution is -2.46. The van der Waals surface area contributed by atoms with Gasteiger partial charge in [0.1, 0.15) is 24.1 Å². The number of hydrogen-bond acceptors (Lipinski definition) is 5. The van der Waals surface area contributed by atoms with Crippen molar-refractivity contribution >= 4 is 11.5 Å². The van der Waals surface area contributed by atoms with E-state index < -0.39 is 6.75 Å². The van der Waals surface area contributed by atoms with Crippen LogP contribution in [0.25, 0.3) is 28.0 Å². The third-order valence-electron chi connectivity index (χ3n) is 5.28. The van der Waals surface area contributed by atoms with E-state index in [9.17, 15) is 8.78 Å². The van der Waals surface area contributed by atoms with Gasteiger partial charge in [-0.3, -0.25) is 9.88 Å². The zero-order valence-electron chi connectivity index (χ0n) is 18.0. The van der Waals surface area contributed by atoms with Gasteiger partial charge < -0.3 is 4.90 Å². The van der Waals surface area contributed by atoms with Gasteiger partial charge in [0.25, 0.3) is 0 Å². The Labute approximate surface area is 175 Å². The Kier molecular flexibility index (Phi) is 4.26. The van der Waals surface area contributed by atoms with E-state index in [0.29, 0.717) is 30.2 Å². The molecular weight excluding hydrogens is 385 g/mol. The molecule has 6 nitrogen and oxygen atoms in total. The Morgan fingerprint density at radius 2 is 1.67 bits per heavy atom. The van der Waals surface area contributed by atoms with Crippen molar-refractivity contribution in [2.75, 3.05) is 37.8 Å². The summed E-state index contributed by atoms with van der Waals surface area (Å²) in [6.07, 6.45) is 5.21. The minimum absolute atomic E-state index is 0.258. The fourth-order valence-electron chi connectivity index (χ4n) is 3.71. The van der Waals surface area contributed by atoms with Crippen molar-refractivity contribution in [3.8, 4) is 22.4 Å². The van der Waals surface area contributed by atoms with Crippen molar-refractivity contribution in [1.82, 2.24) is 24.5 Å². The molecule has 30 heavy (non-hydrogen) atoms. The zero-order chi connectivity index (χ0) is 22.3. The van der Waals surface area contributed by atoms with Crippen LogP contribution < -0.4 is 4.90 Å². The minimum Gasteiger partial charge on any atom is -0.354 e. The molecule has 0 spiro atoms. The standard InChI is InChI=1S/C22H20F2N6/c23-15-28-11-13-29(14-12-28)19-7-10-30-22(26-19)20(16-5-8-25-9-6-16)21(27-30)17-1-3-18(24)4-2-17/h1-10H,11-15H2/i15D2,23-1. The monoisotopic (exact) mass is 407 g/mol. The highest BCUT2D eigenvalue weighted by molar-refractivity contribution is 5.90. The average Bonchev–Trinajstić information content (AvgIpc) is 3.18. The number of fused-ring (bicyclic) bond motifs is 1. The molecule has 5 rings (SSSR count). The fourth-order valence-corrected chi connectivity index (χ4v) is 3.71. The average molecular weight is 407 g/mol. The summed E-state index contributed by atoms with van der Waals surface area (Å²) in [5, 5.41) is 4.70. The molecule has 3 aromatic heterocycles. The first kappa shape index (κ1) is 16.4. The van der Waals surface area contributed by atoms with Gasteiger partial charge in [-0.25, -0.2) is 18.3 Å². The van der Waals surface area contributed by atoms with Crippen molar-refractivity contribution in [2.45, 2.75) is 0 Å². The van der Waals surface area contributed by atoms with Crippen LogP contribution in [-0.2, 0) is 0 Å². The molecule has 152 valence electrons. The van der Waals surface area contributed by atoms with Gasteiger partial charge in [0, 0.05) is 50.3 Å². The topological polar surface area (TPSA) is 49.6 Å². The van der Waals surface area contributed by atoms with Crippen molar-refractivity contribution in [1.29, 1.82) is 0 Å². The minimum atomic E-state index is -2.83. The lowest BCUT2D eigenvalue weighted by molar-refractivity contribution is 0.176. The molecule has 1 fully saturated rings. The molecule has 4 heterocycles. The van der Waals surface area contributed by atoms with Gasteiger partial charge >= 0.3 is 0 Å². The first-order chi connectivity index (χ1) is 15.4. The van der Waals surface area contributed by atoms with Crippen LogP contribution in [0.1, 0.15) is 2.74 Å². The maximum absolute atomic E-state index is 13.6. The normalized spacial score (nSPS) is 16.5. The van der Waals surface area contributed by atoms with E-state index in [1.807, 2.05) is 29.3 Å². The largest absolute Gasteiger partial charge is 0.354 e. The third kappa shape index (κ3) is 3.39. The van der Waals surface area contributed by atoms with E-state index in [-0.39, 0.29) is 18.9 Å². The van der Waals surface area contributed by atoms with Crippen LogP contribution in [0.3, 0.4) is 0 Å². The molecule has 0 saturated carbocycles. The molecule has 0 atom stereocenters. The molecular formula is C22H20F2N6. The van der Waals surface area contributed by atoms with Crippen LogP contribution >= 0.6 is 0 Å². The van der Waals surface area contributed by atoms with Gasteiger partial charge in [0.15, 0.2) is 5.65 Å². The number of alkyl halides is 1. The number of anilines is 1. The third-order valence-corrected chi connectivity index (χ3v) is 5.28. The number of rotatable bonds is 4. The van der Waals surface area contributed by atoms with E-state index in [0.717, 1.165) is 16.7 Å². The quantitative estimate of drug-likeness (QED) is 0.484. The highest BCUT2D eigenvalue weighted by Crippen LogP contribution is 2.35. The fraction of sp³-hybridized carbons (Fsp3) is 0.227. The Morgan fingerprint density at radius 3 is 2.37 bits per heavy atom. The molecule has 0 aliphatic carbocycles. The molecule has 0 N–H and O–H groups in total. The van der Waals surface area contributed by atoms with Gasteiger partial charge in [-0.05, 0) is 48.0 Å². The maximum atomic E-state index is 13.6. The van der Waals surface area contributed by atoms with Gasteiger partial charge in [0.2, 0.25) is 0 Å². The van der Waals surface area contributed by atoms with Crippen molar-refractivity contribution in [2.24, 2.45) is 0 Å². The Balaban J connectivity index is 1.58. The second-order valence-electron chi connectivity index (χ2n) is 7.08. The van der Waals surface area contributed by atoms with Crippen LogP contribution in [0.2, 0.25) is 0 Å². The number of halogens is 2. The van der Waals surface area contributed by atoms with E-state index >= 15 is 0 Å². The smallest absolute Gasteiger partial charge is 0.165 e. The van der Waals surface area contributed by atoms with E-state index in [1.165, 1.54) is 17.0 Å². The van der Waals surface area contributed by atoms with Crippen molar-refractivity contribution in [3.63, 3.8) is 0 Å². The lowest BCUT2D eigenvalue weighted by atomic mass is 10.0.